The molecule has 8 aromatic rings. The Morgan fingerprint density at radius 1 is 0.529 bits per heavy atom. The number of fused-ring (bicyclic) bond motifs is 2. The highest BCUT2D eigenvalue weighted by molar-refractivity contribution is 7.23. The Morgan fingerprint density at radius 2 is 0.943 bits per heavy atom. The first-order chi connectivity index (χ1) is 34.1. The van der Waals surface area contributed by atoms with E-state index in [-0.39, 0.29) is 35.3 Å². The number of ketones is 2. The number of benzene rings is 6. The molecule has 2 aliphatic heterocycles. The standard InChI is InChI=1S/C30H31NO4S.C28H27NO4S/c1-4-31-17-5-6-25(19-31)35-23-13-7-20(8-14-23)29(32)28-26-16-15-24(34-3)18-27(26)36-30(28)21-9-11-22(33-2)12-10-21;1-2-29-15-3-4-23(17-29)33-22-12-7-18(8-13-22)27(32)26-24-14-11-21(31)16-25(24)34-28(26)19-5-9-20(30)10-6-19/h7-16,18,25H,4-6,17,19H2,1-3H3;5-14,16,23,30-31H,2-4,15,17H2,1H3. The number of carbonyl (C=O) groups is 2. The van der Waals surface area contributed by atoms with Gasteiger partial charge in [-0.15, -0.1) is 22.7 Å². The van der Waals surface area contributed by atoms with Gasteiger partial charge in [-0.3, -0.25) is 19.4 Å². The number of thiophene rings is 2. The lowest BCUT2D eigenvalue weighted by Crippen LogP contribution is -2.40. The van der Waals surface area contributed by atoms with Crippen molar-refractivity contribution in [2.45, 2.75) is 51.7 Å². The molecule has 2 fully saturated rings. The number of phenolic OH excluding ortho intramolecular Hbond substituents is 2. The maximum atomic E-state index is 13.9. The van der Waals surface area contributed by atoms with Crippen LogP contribution in [0.5, 0.6) is 34.5 Å². The van der Waals surface area contributed by atoms with E-state index in [1.54, 1.807) is 68.0 Å². The molecule has 2 saturated heterocycles. The SMILES string of the molecule is CCN1CCCC(Oc2ccc(C(=O)c3c(-c4ccc(O)cc4)sc4cc(O)ccc34)cc2)C1.CCN1CCCC(Oc2ccc(C(=O)c3c(-c4ccc(OC)cc4)sc4cc(OC)ccc34)cc2)C1. The number of carbonyl (C=O) groups excluding carboxylic acids is 2. The number of nitrogens with zero attached hydrogens (tertiary/aromatic N) is 2. The highest BCUT2D eigenvalue weighted by Gasteiger charge is 2.26. The van der Waals surface area contributed by atoms with Gasteiger partial charge in [-0.05, 0) is 196 Å². The smallest absolute Gasteiger partial charge is 0.195 e. The van der Waals surface area contributed by atoms with Crippen LogP contribution in [0, 0.1) is 0 Å². The van der Waals surface area contributed by atoms with Gasteiger partial charge in [0.05, 0.1) is 14.2 Å². The summed E-state index contributed by atoms with van der Waals surface area (Å²) < 4.78 is 25.1. The quantitative estimate of drug-likeness (QED) is 0.102. The molecule has 4 heterocycles. The summed E-state index contributed by atoms with van der Waals surface area (Å²) in [6.07, 6.45) is 4.76. The summed E-state index contributed by atoms with van der Waals surface area (Å²) in [6.45, 7) is 10.6. The van der Waals surface area contributed by atoms with Crippen molar-refractivity contribution in [1.29, 1.82) is 0 Å². The summed E-state index contributed by atoms with van der Waals surface area (Å²) in [5, 5.41) is 21.4. The zero-order valence-electron chi connectivity index (χ0n) is 40.0. The Hall–Kier alpha value is -6.70. The first-order valence-electron chi connectivity index (χ1n) is 24.0. The second kappa shape index (κ2) is 21.9. The number of aromatic hydroxyl groups is 2. The average Bonchev–Trinajstić information content (AvgIpc) is 3.97. The zero-order valence-corrected chi connectivity index (χ0v) is 41.6. The molecule has 0 saturated carbocycles. The van der Waals surface area contributed by atoms with Crippen LogP contribution in [0.2, 0.25) is 0 Å². The minimum atomic E-state index is -0.0820. The van der Waals surface area contributed by atoms with E-state index in [4.69, 9.17) is 18.9 Å². The van der Waals surface area contributed by atoms with Crippen LogP contribution in [0.3, 0.4) is 0 Å². The lowest BCUT2D eigenvalue weighted by Gasteiger charge is -2.32. The van der Waals surface area contributed by atoms with Gasteiger partial charge in [0, 0.05) is 65.3 Å². The molecule has 10 nitrogen and oxygen atoms in total. The summed E-state index contributed by atoms with van der Waals surface area (Å²) in [4.78, 5) is 34.1. The third-order valence-electron chi connectivity index (χ3n) is 13.2. The number of hydrogen-bond acceptors (Lipinski definition) is 12. The zero-order chi connectivity index (χ0) is 48.7. The molecule has 6 aromatic carbocycles. The van der Waals surface area contributed by atoms with Crippen LogP contribution in [0.15, 0.2) is 133 Å². The minimum absolute atomic E-state index is 0.00129. The fraction of sp³-hybridized carbons (Fsp3) is 0.276. The van der Waals surface area contributed by atoms with E-state index < -0.39 is 0 Å². The van der Waals surface area contributed by atoms with Gasteiger partial charge in [-0.2, -0.15) is 0 Å². The molecular formula is C58H58N2O8S2. The van der Waals surface area contributed by atoms with Crippen molar-refractivity contribution in [3.63, 3.8) is 0 Å². The summed E-state index contributed by atoms with van der Waals surface area (Å²) in [5.41, 5.74) is 4.37. The Balaban J connectivity index is 0.000000174. The molecule has 12 heteroatoms. The van der Waals surface area contributed by atoms with Gasteiger partial charge >= 0.3 is 0 Å². The van der Waals surface area contributed by atoms with E-state index in [9.17, 15) is 19.8 Å². The molecule has 2 unspecified atom stereocenters. The molecule has 360 valence electrons. The number of ether oxygens (including phenoxy) is 4. The van der Waals surface area contributed by atoms with Crippen molar-refractivity contribution >= 4 is 54.4 Å². The largest absolute Gasteiger partial charge is 0.508 e. The second-order valence-corrected chi connectivity index (χ2v) is 19.8. The van der Waals surface area contributed by atoms with Crippen molar-refractivity contribution in [2.75, 3.05) is 53.5 Å². The average molecular weight is 975 g/mol. The molecule has 0 aliphatic carbocycles. The lowest BCUT2D eigenvalue weighted by molar-refractivity contribution is 0.0918. The van der Waals surface area contributed by atoms with Crippen LogP contribution in [0.1, 0.15) is 71.4 Å². The Labute approximate surface area is 417 Å². The molecule has 2 atom stereocenters. The van der Waals surface area contributed by atoms with E-state index in [2.05, 4.69) is 23.6 Å². The van der Waals surface area contributed by atoms with E-state index in [1.165, 1.54) is 11.3 Å². The monoisotopic (exact) mass is 974 g/mol. The second-order valence-electron chi connectivity index (χ2n) is 17.7. The van der Waals surface area contributed by atoms with Gasteiger partial charge < -0.3 is 29.2 Å². The van der Waals surface area contributed by atoms with E-state index in [1.807, 2.05) is 91.0 Å². The van der Waals surface area contributed by atoms with Crippen LogP contribution in [0.25, 0.3) is 41.1 Å². The van der Waals surface area contributed by atoms with Gasteiger partial charge in [0.2, 0.25) is 0 Å². The number of likely N-dealkylation sites (N-methyl/N-ethyl adjacent to an activating group) is 2. The normalized spacial score (nSPS) is 16.3. The molecule has 2 N–H and O–H groups in total. The number of methoxy groups -OCH3 is 2. The van der Waals surface area contributed by atoms with Crippen molar-refractivity contribution < 1.29 is 38.7 Å². The molecule has 0 spiro atoms. The number of hydrogen-bond donors (Lipinski definition) is 2. The van der Waals surface area contributed by atoms with Crippen LogP contribution < -0.4 is 18.9 Å². The third kappa shape index (κ3) is 10.9. The maximum absolute atomic E-state index is 13.9. The molecule has 0 radical (unpaired) electrons. The lowest BCUT2D eigenvalue weighted by atomic mass is 9.97. The Bertz CT molecular complexity index is 3070. The van der Waals surface area contributed by atoms with Gasteiger partial charge in [0.25, 0.3) is 0 Å². The number of likely N-dealkylation sites (tertiary alicyclic amines) is 2. The Morgan fingerprint density at radius 3 is 1.41 bits per heavy atom. The van der Waals surface area contributed by atoms with Crippen molar-refractivity contribution in [3.8, 4) is 55.4 Å². The molecular weight excluding hydrogens is 917 g/mol. The van der Waals surface area contributed by atoms with E-state index >= 15 is 0 Å². The molecule has 10 rings (SSSR count). The molecule has 2 aromatic heterocycles. The molecule has 70 heavy (non-hydrogen) atoms. The van der Waals surface area contributed by atoms with E-state index in [0.29, 0.717) is 22.3 Å². The summed E-state index contributed by atoms with van der Waals surface area (Å²) >= 11 is 3.06. The van der Waals surface area contributed by atoms with Crippen LogP contribution in [-0.4, -0.2) is 97.3 Å². The van der Waals surface area contributed by atoms with Crippen molar-refractivity contribution in [1.82, 2.24) is 9.80 Å². The molecule has 0 bridgehead atoms. The number of piperidine rings is 2. The highest BCUT2D eigenvalue weighted by atomic mass is 32.1. The summed E-state index contributed by atoms with van der Waals surface area (Å²) in [7, 11) is 3.30. The topological polar surface area (TPSA) is 118 Å². The number of phenols is 2. The van der Waals surface area contributed by atoms with Crippen molar-refractivity contribution in [2.24, 2.45) is 0 Å². The predicted octanol–water partition coefficient (Wildman–Crippen LogP) is 12.8. The Kier molecular flexibility index (Phi) is 15.1. The first kappa shape index (κ1) is 48.3. The predicted molar refractivity (Wildman–Crippen MR) is 282 cm³/mol. The van der Waals surface area contributed by atoms with Gasteiger partial charge in [-0.1, -0.05) is 13.8 Å². The maximum Gasteiger partial charge on any atom is 0.195 e. The summed E-state index contributed by atoms with van der Waals surface area (Å²) in [6, 6.07) is 40.6. The van der Waals surface area contributed by atoms with E-state index in [0.717, 1.165) is 129 Å². The summed E-state index contributed by atoms with van der Waals surface area (Å²) in [5.74, 6) is 3.39. The van der Waals surface area contributed by atoms with Crippen LogP contribution in [0.4, 0.5) is 0 Å². The minimum Gasteiger partial charge on any atom is -0.508 e. The van der Waals surface area contributed by atoms with Crippen LogP contribution in [-0.2, 0) is 0 Å². The molecule has 2 aliphatic rings. The fourth-order valence-electron chi connectivity index (χ4n) is 9.34. The van der Waals surface area contributed by atoms with Crippen molar-refractivity contribution in [3.05, 3.63) is 156 Å². The molecule has 0 amide bonds. The van der Waals surface area contributed by atoms with Gasteiger partial charge in [-0.25, -0.2) is 0 Å². The van der Waals surface area contributed by atoms with Gasteiger partial charge in [0.15, 0.2) is 11.6 Å². The fourth-order valence-corrected chi connectivity index (χ4v) is 11.8. The first-order valence-corrected chi connectivity index (χ1v) is 25.6. The van der Waals surface area contributed by atoms with Crippen LogP contribution >= 0.6 is 22.7 Å². The van der Waals surface area contributed by atoms with Gasteiger partial charge in [0.1, 0.15) is 46.7 Å². The highest BCUT2D eigenvalue weighted by Crippen LogP contribution is 2.43. The number of rotatable bonds is 14. The third-order valence-corrected chi connectivity index (χ3v) is 15.6.